The Hall–Kier alpha value is -1.10. The summed E-state index contributed by atoms with van der Waals surface area (Å²) in [5.41, 5.74) is 0. The number of rotatable bonds is 9. The fourth-order valence-electron chi connectivity index (χ4n) is 2.49. The fraction of sp³-hybridized carbons (Fsp3) is 0.875. The highest BCUT2D eigenvalue weighted by Gasteiger charge is 2.31. The summed E-state index contributed by atoms with van der Waals surface area (Å²) in [6.45, 7) is 15.7. The van der Waals surface area contributed by atoms with Crippen molar-refractivity contribution in [1.82, 2.24) is 10.2 Å². The first-order valence-corrected chi connectivity index (χ1v) is 7.83. The van der Waals surface area contributed by atoms with E-state index in [0.717, 1.165) is 13.1 Å². The number of carbonyl (C=O) groups is 2. The summed E-state index contributed by atoms with van der Waals surface area (Å²) in [6.07, 6.45) is 0. The molecule has 5 heteroatoms. The van der Waals surface area contributed by atoms with E-state index < -0.39 is 12.0 Å². The van der Waals surface area contributed by atoms with Gasteiger partial charge in [0.25, 0.3) is 0 Å². The molecule has 0 fully saturated rings. The Balaban J connectivity index is 5.11. The molecule has 2 N–H and O–H groups in total. The molecule has 1 amide bonds. The molecule has 0 aromatic rings. The van der Waals surface area contributed by atoms with Crippen LogP contribution in [0.25, 0.3) is 0 Å². The molecule has 0 bridgehead atoms. The predicted molar refractivity (Wildman–Crippen MR) is 85.1 cm³/mol. The molecule has 0 aliphatic rings. The Morgan fingerprint density at radius 3 is 1.67 bits per heavy atom. The second-order valence-corrected chi connectivity index (χ2v) is 7.00. The third-order valence-corrected chi connectivity index (χ3v) is 3.22. The minimum atomic E-state index is -1.01. The van der Waals surface area contributed by atoms with E-state index in [9.17, 15) is 9.59 Å². The standard InChI is InChI=1S/C16H32N2O3/c1-10(2)8-18(9-11(3)4)14(12(5)6)15(19)17-13(7)16(20)21/h10-14H,8-9H2,1-7H3,(H,17,19)(H,20,21). The quantitative estimate of drug-likeness (QED) is 0.685. The van der Waals surface area contributed by atoms with Gasteiger partial charge in [-0.2, -0.15) is 0 Å². The van der Waals surface area contributed by atoms with Gasteiger partial charge in [0.2, 0.25) is 5.91 Å². The monoisotopic (exact) mass is 300 g/mol. The zero-order valence-corrected chi connectivity index (χ0v) is 14.5. The second kappa shape index (κ2) is 9.03. The lowest BCUT2D eigenvalue weighted by molar-refractivity contribution is -0.142. The number of hydrogen-bond acceptors (Lipinski definition) is 3. The highest BCUT2D eigenvalue weighted by Crippen LogP contribution is 2.16. The molecule has 2 atom stereocenters. The number of hydrogen-bond donors (Lipinski definition) is 2. The van der Waals surface area contributed by atoms with Crippen LogP contribution in [0.2, 0.25) is 0 Å². The van der Waals surface area contributed by atoms with E-state index in [0.29, 0.717) is 11.8 Å². The minimum Gasteiger partial charge on any atom is -0.480 e. The van der Waals surface area contributed by atoms with E-state index in [2.05, 4.69) is 37.9 Å². The molecular formula is C16H32N2O3. The zero-order chi connectivity index (χ0) is 16.7. The molecular weight excluding hydrogens is 268 g/mol. The van der Waals surface area contributed by atoms with E-state index in [-0.39, 0.29) is 17.9 Å². The molecule has 0 spiro atoms. The van der Waals surface area contributed by atoms with Crippen molar-refractivity contribution in [3.05, 3.63) is 0 Å². The predicted octanol–water partition coefficient (Wildman–Crippen LogP) is 2.21. The number of carboxylic acids is 1. The summed E-state index contributed by atoms with van der Waals surface area (Å²) in [5, 5.41) is 11.6. The lowest BCUT2D eigenvalue weighted by atomic mass is 9.98. The molecule has 0 aliphatic heterocycles. The maximum absolute atomic E-state index is 12.5. The van der Waals surface area contributed by atoms with Gasteiger partial charge in [-0.15, -0.1) is 0 Å². The van der Waals surface area contributed by atoms with Crippen molar-refractivity contribution >= 4 is 11.9 Å². The van der Waals surface area contributed by atoms with Crippen LogP contribution in [-0.4, -0.2) is 47.1 Å². The van der Waals surface area contributed by atoms with Gasteiger partial charge in [-0.3, -0.25) is 14.5 Å². The van der Waals surface area contributed by atoms with Gasteiger partial charge in [-0.1, -0.05) is 41.5 Å². The molecule has 0 saturated heterocycles. The molecule has 0 heterocycles. The van der Waals surface area contributed by atoms with E-state index in [1.165, 1.54) is 6.92 Å². The van der Waals surface area contributed by atoms with Crippen LogP contribution < -0.4 is 5.32 Å². The van der Waals surface area contributed by atoms with Crippen molar-refractivity contribution in [3.8, 4) is 0 Å². The maximum atomic E-state index is 12.5. The first kappa shape index (κ1) is 19.9. The molecule has 2 unspecified atom stereocenters. The molecule has 0 radical (unpaired) electrons. The lowest BCUT2D eigenvalue weighted by Gasteiger charge is -2.36. The fourth-order valence-corrected chi connectivity index (χ4v) is 2.49. The Labute approximate surface area is 129 Å². The van der Waals surface area contributed by atoms with Crippen LogP contribution in [0, 0.1) is 17.8 Å². The largest absolute Gasteiger partial charge is 0.480 e. The molecule has 21 heavy (non-hydrogen) atoms. The highest BCUT2D eigenvalue weighted by atomic mass is 16.4. The van der Waals surface area contributed by atoms with Crippen LogP contribution in [0.3, 0.4) is 0 Å². The summed E-state index contributed by atoms with van der Waals surface area (Å²) in [5.74, 6) is -0.167. The third-order valence-electron chi connectivity index (χ3n) is 3.22. The average molecular weight is 300 g/mol. The molecule has 0 saturated carbocycles. The van der Waals surface area contributed by atoms with E-state index in [1.54, 1.807) is 0 Å². The SMILES string of the molecule is CC(C)CN(CC(C)C)C(C(=O)NC(C)C(=O)O)C(C)C. The summed E-state index contributed by atoms with van der Waals surface area (Å²) in [7, 11) is 0. The van der Waals surface area contributed by atoms with Gasteiger partial charge in [0.1, 0.15) is 6.04 Å². The van der Waals surface area contributed by atoms with Gasteiger partial charge in [-0.05, 0) is 24.7 Å². The average Bonchev–Trinajstić information content (AvgIpc) is 2.25. The molecule has 0 aliphatic carbocycles. The smallest absolute Gasteiger partial charge is 0.325 e. The van der Waals surface area contributed by atoms with Crippen molar-refractivity contribution in [3.63, 3.8) is 0 Å². The van der Waals surface area contributed by atoms with Crippen LogP contribution in [-0.2, 0) is 9.59 Å². The van der Waals surface area contributed by atoms with E-state index in [1.807, 2.05) is 13.8 Å². The van der Waals surface area contributed by atoms with Crippen LogP contribution >= 0.6 is 0 Å². The van der Waals surface area contributed by atoms with E-state index >= 15 is 0 Å². The first-order chi connectivity index (χ1) is 9.56. The lowest BCUT2D eigenvalue weighted by Crippen LogP contribution is -2.54. The van der Waals surface area contributed by atoms with Crippen LogP contribution in [0.1, 0.15) is 48.5 Å². The molecule has 0 rings (SSSR count). The van der Waals surface area contributed by atoms with E-state index in [4.69, 9.17) is 5.11 Å². The highest BCUT2D eigenvalue weighted by molar-refractivity contribution is 5.86. The van der Waals surface area contributed by atoms with Gasteiger partial charge in [0, 0.05) is 13.1 Å². The third kappa shape index (κ3) is 7.46. The van der Waals surface area contributed by atoms with Crippen LogP contribution in [0.15, 0.2) is 0 Å². The van der Waals surface area contributed by atoms with Crippen LogP contribution in [0.4, 0.5) is 0 Å². The van der Waals surface area contributed by atoms with Crippen molar-refractivity contribution in [2.75, 3.05) is 13.1 Å². The van der Waals surface area contributed by atoms with Gasteiger partial charge in [-0.25, -0.2) is 0 Å². The molecule has 5 nitrogen and oxygen atoms in total. The van der Waals surface area contributed by atoms with Crippen LogP contribution in [0.5, 0.6) is 0 Å². The van der Waals surface area contributed by atoms with Gasteiger partial charge < -0.3 is 10.4 Å². The zero-order valence-electron chi connectivity index (χ0n) is 14.5. The van der Waals surface area contributed by atoms with Crippen molar-refractivity contribution in [1.29, 1.82) is 0 Å². The summed E-state index contributed by atoms with van der Waals surface area (Å²) < 4.78 is 0. The Kier molecular flexibility index (Phi) is 8.55. The summed E-state index contributed by atoms with van der Waals surface area (Å²) in [6, 6.07) is -1.16. The number of carboxylic acid groups (broad SMARTS) is 1. The second-order valence-electron chi connectivity index (χ2n) is 7.00. The van der Waals surface area contributed by atoms with Gasteiger partial charge in [0.05, 0.1) is 6.04 Å². The number of nitrogens with one attached hydrogen (secondary N) is 1. The Morgan fingerprint density at radius 1 is 0.952 bits per heavy atom. The maximum Gasteiger partial charge on any atom is 0.325 e. The van der Waals surface area contributed by atoms with Gasteiger partial charge >= 0.3 is 5.97 Å². The molecule has 0 aromatic carbocycles. The number of aliphatic carboxylic acids is 1. The Bertz CT molecular complexity index is 330. The molecule has 124 valence electrons. The summed E-state index contributed by atoms with van der Waals surface area (Å²) >= 11 is 0. The Morgan fingerprint density at radius 2 is 1.38 bits per heavy atom. The minimum absolute atomic E-state index is 0.128. The van der Waals surface area contributed by atoms with Crippen molar-refractivity contribution in [2.24, 2.45) is 17.8 Å². The first-order valence-electron chi connectivity index (χ1n) is 7.83. The summed E-state index contributed by atoms with van der Waals surface area (Å²) in [4.78, 5) is 25.6. The molecule has 0 aromatic heterocycles. The van der Waals surface area contributed by atoms with Gasteiger partial charge in [0.15, 0.2) is 0 Å². The van der Waals surface area contributed by atoms with Crippen molar-refractivity contribution < 1.29 is 14.7 Å². The number of amides is 1. The normalized spacial score (nSPS) is 14.8. The topological polar surface area (TPSA) is 69.6 Å². The van der Waals surface area contributed by atoms with Crippen molar-refractivity contribution in [2.45, 2.75) is 60.5 Å². The number of nitrogens with zero attached hydrogens (tertiary/aromatic N) is 1. The number of carbonyl (C=O) groups excluding carboxylic acids is 1.